The summed E-state index contributed by atoms with van der Waals surface area (Å²) < 4.78 is 5.25. The number of amides is 1. The Morgan fingerprint density at radius 1 is 1.50 bits per heavy atom. The van der Waals surface area contributed by atoms with E-state index < -0.39 is 0 Å². The summed E-state index contributed by atoms with van der Waals surface area (Å²) in [5.74, 6) is 2.00. The second kappa shape index (κ2) is 4.28. The molecule has 1 aliphatic heterocycles. The largest absolute Gasteiger partial charge is 0.496 e. The van der Waals surface area contributed by atoms with E-state index in [2.05, 4.69) is 0 Å². The van der Waals surface area contributed by atoms with Crippen LogP contribution >= 0.6 is 0 Å². The molecule has 3 atom stereocenters. The van der Waals surface area contributed by atoms with Crippen molar-refractivity contribution in [2.24, 2.45) is 17.6 Å². The normalized spacial score (nSPS) is 29.0. The molecule has 0 aromatic heterocycles. The molecule has 1 amide bonds. The topological polar surface area (TPSA) is 55.6 Å². The molecule has 96 valence electrons. The molecule has 2 N–H and O–H groups in total. The molecule has 3 rings (SSSR count). The molecule has 0 unspecified atom stereocenters. The number of fused-ring (bicyclic) bond motifs is 1. The van der Waals surface area contributed by atoms with Crippen molar-refractivity contribution in [3.8, 4) is 5.75 Å². The summed E-state index contributed by atoms with van der Waals surface area (Å²) in [4.78, 5) is 14.5. The summed E-state index contributed by atoms with van der Waals surface area (Å²) in [6.45, 7) is 1.41. The molecule has 1 aliphatic carbocycles. The summed E-state index contributed by atoms with van der Waals surface area (Å²) in [5.41, 5.74) is 6.44. The molecular weight excluding hydrogens is 228 g/mol. The van der Waals surface area contributed by atoms with Crippen LogP contribution in [-0.4, -0.2) is 37.0 Å². The van der Waals surface area contributed by atoms with Gasteiger partial charge in [0, 0.05) is 19.1 Å². The van der Waals surface area contributed by atoms with Gasteiger partial charge in [0.05, 0.1) is 12.7 Å². The quantitative estimate of drug-likeness (QED) is 0.869. The number of likely N-dealkylation sites (tertiary alicyclic amines) is 1. The predicted molar refractivity (Wildman–Crippen MR) is 68.5 cm³/mol. The van der Waals surface area contributed by atoms with E-state index in [1.54, 1.807) is 7.11 Å². The van der Waals surface area contributed by atoms with Crippen LogP contribution in [0.15, 0.2) is 24.3 Å². The van der Waals surface area contributed by atoms with Crippen LogP contribution in [0, 0.1) is 11.8 Å². The van der Waals surface area contributed by atoms with Crippen LogP contribution in [0.5, 0.6) is 5.75 Å². The van der Waals surface area contributed by atoms with Crippen molar-refractivity contribution in [3.05, 3.63) is 29.8 Å². The molecular formula is C14H18N2O2. The van der Waals surface area contributed by atoms with Gasteiger partial charge in [-0.3, -0.25) is 4.79 Å². The minimum absolute atomic E-state index is 0.0510. The van der Waals surface area contributed by atoms with Crippen molar-refractivity contribution in [3.63, 3.8) is 0 Å². The molecule has 2 aliphatic rings. The third-order valence-corrected chi connectivity index (χ3v) is 4.14. The fraction of sp³-hybridized carbons (Fsp3) is 0.500. The van der Waals surface area contributed by atoms with E-state index in [9.17, 15) is 4.79 Å². The van der Waals surface area contributed by atoms with E-state index in [-0.39, 0.29) is 11.9 Å². The van der Waals surface area contributed by atoms with Gasteiger partial charge < -0.3 is 15.4 Å². The van der Waals surface area contributed by atoms with Gasteiger partial charge in [-0.1, -0.05) is 12.1 Å². The van der Waals surface area contributed by atoms with Crippen molar-refractivity contribution in [2.75, 3.05) is 20.2 Å². The maximum absolute atomic E-state index is 12.6. The van der Waals surface area contributed by atoms with Crippen molar-refractivity contribution < 1.29 is 9.53 Å². The fourth-order valence-electron chi connectivity index (χ4n) is 3.08. The Morgan fingerprint density at radius 2 is 2.28 bits per heavy atom. The number of nitrogens with two attached hydrogens (primary N) is 1. The van der Waals surface area contributed by atoms with Crippen LogP contribution in [-0.2, 0) is 0 Å². The van der Waals surface area contributed by atoms with E-state index in [1.807, 2.05) is 29.2 Å². The zero-order chi connectivity index (χ0) is 12.7. The molecule has 1 aromatic carbocycles. The Bertz CT molecular complexity index is 475. The zero-order valence-corrected chi connectivity index (χ0v) is 10.5. The number of benzene rings is 1. The summed E-state index contributed by atoms with van der Waals surface area (Å²) in [5, 5.41) is 0. The number of ether oxygens (including phenoxy) is 1. The lowest BCUT2D eigenvalue weighted by atomic mass is 10.1. The van der Waals surface area contributed by atoms with Crippen LogP contribution in [0.3, 0.4) is 0 Å². The number of hydrogen-bond donors (Lipinski definition) is 1. The highest BCUT2D eigenvalue weighted by atomic mass is 16.5. The van der Waals surface area contributed by atoms with Gasteiger partial charge in [-0.25, -0.2) is 0 Å². The number of piperidine rings is 1. The van der Waals surface area contributed by atoms with Crippen LogP contribution in [0.4, 0.5) is 0 Å². The molecule has 1 saturated carbocycles. The molecule has 4 nitrogen and oxygen atoms in total. The van der Waals surface area contributed by atoms with Crippen molar-refractivity contribution in [1.82, 2.24) is 4.90 Å². The van der Waals surface area contributed by atoms with Crippen LogP contribution in [0.2, 0.25) is 0 Å². The second-order valence-corrected chi connectivity index (χ2v) is 5.12. The lowest BCUT2D eigenvalue weighted by Crippen LogP contribution is -2.42. The average Bonchev–Trinajstić information content (AvgIpc) is 3.09. The zero-order valence-electron chi connectivity index (χ0n) is 10.5. The predicted octanol–water partition coefficient (Wildman–Crippen LogP) is 1.11. The number of rotatable bonds is 3. The number of carbonyl (C=O) groups excluding carboxylic acids is 1. The number of methoxy groups -OCH3 is 1. The second-order valence-electron chi connectivity index (χ2n) is 5.12. The van der Waals surface area contributed by atoms with E-state index in [4.69, 9.17) is 10.5 Å². The highest BCUT2D eigenvalue weighted by Gasteiger charge is 2.53. The Balaban J connectivity index is 1.86. The number of nitrogens with zero attached hydrogens (tertiary/aromatic N) is 1. The van der Waals surface area contributed by atoms with Gasteiger partial charge >= 0.3 is 0 Å². The Hall–Kier alpha value is -1.55. The van der Waals surface area contributed by atoms with Gasteiger partial charge in [0.1, 0.15) is 5.75 Å². The number of carbonyl (C=O) groups is 1. The molecule has 1 saturated heterocycles. The molecule has 0 radical (unpaired) electrons. The molecule has 1 heterocycles. The third-order valence-electron chi connectivity index (χ3n) is 4.14. The minimum Gasteiger partial charge on any atom is -0.496 e. The van der Waals surface area contributed by atoms with Crippen molar-refractivity contribution in [2.45, 2.75) is 12.5 Å². The summed E-state index contributed by atoms with van der Waals surface area (Å²) >= 11 is 0. The first-order chi connectivity index (χ1) is 8.76. The molecule has 0 spiro atoms. The summed E-state index contributed by atoms with van der Waals surface area (Å²) in [7, 11) is 1.59. The smallest absolute Gasteiger partial charge is 0.257 e. The van der Waals surface area contributed by atoms with Gasteiger partial charge in [-0.15, -0.1) is 0 Å². The van der Waals surface area contributed by atoms with Crippen LogP contribution < -0.4 is 10.5 Å². The molecule has 18 heavy (non-hydrogen) atoms. The first-order valence-corrected chi connectivity index (χ1v) is 6.40. The van der Waals surface area contributed by atoms with Crippen LogP contribution in [0.25, 0.3) is 0 Å². The first kappa shape index (κ1) is 11.5. The average molecular weight is 246 g/mol. The van der Waals surface area contributed by atoms with E-state index in [0.717, 1.165) is 6.54 Å². The number of para-hydroxylation sites is 1. The Morgan fingerprint density at radius 3 is 3.00 bits per heavy atom. The Labute approximate surface area is 107 Å². The SMILES string of the molecule is COc1ccccc1C(=O)N1C[C@@H]2C[C@@H]2[C@H]1CN. The van der Waals surface area contributed by atoms with Gasteiger partial charge in [0.2, 0.25) is 0 Å². The molecule has 1 aromatic rings. The third kappa shape index (κ3) is 1.68. The summed E-state index contributed by atoms with van der Waals surface area (Å²) in [6, 6.07) is 7.59. The van der Waals surface area contributed by atoms with Gasteiger partial charge in [0.15, 0.2) is 0 Å². The highest BCUT2D eigenvalue weighted by Crippen LogP contribution is 2.49. The van der Waals surface area contributed by atoms with Crippen LogP contribution in [0.1, 0.15) is 16.8 Å². The van der Waals surface area contributed by atoms with E-state index in [0.29, 0.717) is 29.7 Å². The van der Waals surface area contributed by atoms with E-state index >= 15 is 0 Å². The molecule has 4 heteroatoms. The first-order valence-electron chi connectivity index (χ1n) is 6.40. The number of hydrogen-bond acceptors (Lipinski definition) is 3. The van der Waals surface area contributed by atoms with Gasteiger partial charge in [0.25, 0.3) is 5.91 Å². The van der Waals surface area contributed by atoms with E-state index in [1.165, 1.54) is 6.42 Å². The van der Waals surface area contributed by atoms with Gasteiger partial charge in [-0.2, -0.15) is 0 Å². The maximum Gasteiger partial charge on any atom is 0.257 e. The fourth-order valence-corrected chi connectivity index (χ4v) is 3.08. The minimum atomic E-state index is 0.0510. The van der Waals surface area contributed by atoms with Gasteiger partial charge in [-0.05, 0) is 30.4 Å². The monoisotopic (exact) mass is 246 g/mol. The highest BCUT2D eigenvalue weighted by molar-refractivity contribution is 5.97. The standard InChI is InChI=1S/C14H18N2O2/c1-18-13-5-3-2-4-10(13)14(17)16-8-9-6-11(9)12(16)7-15/h2-5,9,11-12H,6-8,15H2,1H3/t9-,11-,12+/m0/s1. The summed E-state index contributed by atoms with van der Waals surface area (Å²) in [6.07, 6.45) is 1.23. The molecule has 2 fully saturated rings. The lowest BCUT2D eigenvalue weighted by Gasteiger charge is -2.27. The molecule has 0 bridgehead atoms. The Kier molecular flexibility index (Phi) is 2.74. The van der Waals surface area contributed by atoms with Crippen molar-refractivity contribution >= 4 is 5.91 Å². The maximum atomic E-state index is 12.6. The van der Waals surface area contributed by atoms with Crippen molar-refractivity contribution in [1.29, 1.82) is 0 Å². The lowest BCUT2D eigenvalue weighted by molar-refractivity contribution is 0.0709.